The Kier molecular flexibility index (Phi) is 10.6. The van der Waals surface area contributed by atoms with Crippen LogP contribution in [0.3, 0.4) is 0 Å². The van der Waals surface area contributed by atoms with Crippen molar-refractivity contribution in [1.82, 2.24) is 10.2 Å². The molecule has 240 valence electrons. The van der Waals surface area contributed by atoms with Crippen molar-refractivity contribution in [1.29, 1.82) is 0 Å². The van der Waals surface area contributed by atoms with Crippen LogP contribution in [0, 0.1) is 0 Å². The third-order valence-corrected chi connectivity index (χ3v) is 9.88. The van der Waals surface area contributed by atoms with Crippen LogP contribution in [0.1, 0.15) is 38.2 Å². The van der Waals surface area contributed by atoms with Crippen LogP contribution in [0.4, 0.5) is 5.69 Å². The lowest BCUT2D eigenvalue weighted by molar-refractivity contribution is -0.139. The number of ether oxygens (including phenoxy) is 2. The van der Waals surface area contributed by atoms with Crippen LogP contribution >= 0.6 is 0 Å². The van der Waals surface area contributed by atoms with Crippen molar-refractivity contribution in [2.45, 2.75) is 56.1 Å². The first-order valence-electron chi connectivity index (χ1n) is 15.4. The molecule has 1 unspecified atom stereocenters. The predicted octanol–water partition coefficient (Wildman–Crippen LogP) is 6.16. The summed E-state index contributed by atoms with van der Waals surface area (Å²) in [6.45, 7) is 1.26. The van der Waals surface area contributed by atoms with E-state index in [4.69, 9.17) is 9.47 Å². The second-order valence-corrected chi connectivity index (χ2v) is 13.1. The highest BCUT2D eigenvalue weighted by Gasteiger charge is 2.33. The molecule has 4 aromatic rings. The number of methoxy groups -OCH3 is 1. The third-order valence-electron chi connectivity index (χ3n) is 8.09. The molecule has 1 atom stereocenters. The molecule has 1 aliphatic rings. The Balaban J connectivity index is 1.45. The van der Waals surface area contributed by atoms with Gasteiger partial charge in [0.1, 0.15) is 29.8 Å². The summed E-state index contributed by atoms with van der Waals surface area (Å²) in [5.74, 6) is 1.02. The van der Waals surface area contributed by atoms with Gasteiger partial charge >= 0.3 is 0 Å². The smallest absolute Gasteiger partial charge is 0.264 e. The molecule has 0 spiro atoms. The maximum absolute atomic E-state index is 14.2. The number of hydrogen-bond donors (Lipinski definition) is 1. The van der Waals surface area contributed by atoms with Gasteiger partial charge in [0.25, 0.3) is 10.0 Å². The van der Waals surface area contributed by atoms with E-state index in [-0.39, 0.29) is 29.1 Å². The fourth-order valence-corrected chi connectivity index (χ4v) is 6.89. The van der Waals surface area contributed by atoms with Crippen LogP contribution in [0.15, 0.2) is 114 Å². The quantitative estimate of drug-likeness (QED) is 0.188. The topological polar surface area (TPSA) is 105 Å². The molecule has 5 rings (SSSR count). The molecule has 9 nitrogen and oxygen atoms in total. The number of amides is 2. The third kappa shape index (κ3) is 8.06. The number of nitrogens with one attached hydrogen (secondary N) is 1. The molecule has 1 aliphatic carbocycles. The Morgan fingerprint density at radius 2 is 1.37 bits per heavy atom. The number of para-hydroxylation sites is 1. The van der Waals surface area contributed by atoms with Crippen molar-refractivity contribution in [3.63, 3.8) is 0 Å². The summed E-state index contributed by atoms with van der Waals surface area (Å²) >= 11 is 0. The summed E-state index contributed by atoms with van der Waals surface area (Å²) in [7, 11) is -2.60. The molecule has 0 aromatic heterocycles. The van der Waals surface area contributed by atoms with E-state index in [1.165, 1.54) is 17.0 Å². The van der Waals surface area contributed by atoms with E-state index in [0.29, 0.717) is 17.2 Å². The number of hydrogen-bond acceptors (Lipinski definition) is 6. The van der Waals surface area contributed by atoms with Gasteiger partial charge in [0, 0.05) is 12.6 Å². The molecule has 4 aromatic carbocycles. The highest BCUT2D eigenvalue weighted by molar-refractivity contribution is 7.92. The molecule has 1 saturated carbocycles. The van der Waals surface area contributed by atoms with Gasteiger partial charge in [0.05, 0.1) is 17.7 Å². The van der Waals surface area contributed by atoms with Gasteiger partial charge in [0.2, 0.25) is 11.8 Å². The average Bonchev–Trinajstić information content (AvgIpc) is 3.60. The van der Waals surface area contributed by atoms with Crippen molar-refractivity contribution in [2.75, 3.05) is 18.0 Å². The van der Waals surface area contributed by atoms with Crippen LogP contribution in [0.2, 0.25) is 0 Å². The number of benzene rings is 4. The number of carbonyl (C=O) groups excluding carboxylic acids is 2. The van der Waals surface area contributed by atoms with Crippen LogP contribution in [0.25, 0.3) is 0 Å². The minimum atomic E-state index is -4.17. The monoisotopic (exact) mass is 641 g/mol. The first-order chi connectivity index (χ1) is 22.2. The normalized spacial score (nSPS) is 13.9. The number of sulfonamides is 1. The maximum Gasteiger partial charge on any atom is 0.264 e. The van der Waals surface area contributed by atoms with Gasteiger partial charge in [-0.25, -0.2) is 8.42 Å². The summed E-state index contributed by atoms with van der Waals surface area (Å²) in [5.41, 5.74) is 1.06. The predicted molar refractivity (Wildman–Crippen MR) is 177 cm³/mol. The Bertz CT molecular complexity index is 1690. The summed E-state index contributed by atoms with van der Waals surface area (Å²) in [6, 6.07) is 30.2. The molecule has 1 N–H and O–H groups in total. The standard InChI is InChI=1S/C36H39N3O6S/c1-27(36(41)37-29-11-9-10-12-29)38(25-28-17-21-31(44-2)22-18-28)35(40)26-39(46(42,43)34-15-7-4-8-16-34)30-19-23-33(24-20-30)45-32-13-5-3-6-14-32/h3-8,13-24,27,29H,9-12,25-26H2,1-2H3,(H,37,41). The fourth-order valence-electron chi connectivity index (χ4n) is 5.46. The van der Waals surface area contributed by atoms with Gasteiger partial charge in [0.15, 0.2) is 0 Å². The van der Waals surface area contributed by atoms with Crippen molar-refractivity contribution in [2.24, 2.45) is 0 Å². The van der Waals surface area contributed by atoms with E-state index in [1.54, 1.807) is 68.6 Å². The van der Waals surface area contributed by atoms with Crippen molar-refractivity contribution in [3.05, 3.63) is 115 Å². The minimum Gasteiger partial charge on any atom is -0.497 e. The van der Waals surface area contributed by atoms with E-state index in [9.17, 15) is 18.0 Å². The van der Waals surface area contributed by atoms with E-state index in [1.807, 2.05) is 42.5 Å². The molecule has 1 fully saturated rings. The van der Waals surface area contributed by atoms with E-state index in [2.05, 4.69) is 5.32 Å². The number of nitrogens with zero attached hydrogens (tertiary/aromatic N) is 2. The Labute approximate surface area is 270 Å². The molecule has 0 radical (unpaired) electrons. The lowest BCUT2D eigenvalue weighted by Gasteiger charge is -2.32. The van der Waals surface area contributed by atoms with Gasteiger partial charge < -0.3 is 19.7 Å². The van der Waals surface area contributed by atoms with Crippen LogP contribution in [-0.4, -0.2) is 50.9 Å². The molecular weight excluding hydrogens is 602 g/mol. The van der Waals surface area contributed by atoms with Crippen molar-refractivity contribution < 1.29 is 27.5 Å². The molecule has 46 heavy (non-hydrogen) atoms. The highest BCUT2D eigenvalue weighted by Crippen LogP contribution is 2.29. The van der Waals surface area contributed by atoms with Gasteiger partial charge in [-0.2, -0.15) is 0 Å². The largest absolute Gasteiger partial charge is 0.497 e. The Morgan fingerprint density at radius 3 is 1.98 bits per heavy atom. The minimum absolute atomic E-state index is 0.0427. The second-order valence-electron chi connectivity index (χ2n) is 11.3. The lowest BCUT2D eigenvalue weighted by atomic mass is 10.1. The molecule has 2 amide bonds. The molecule has 0 aliphatic heterocycles. The zero-order chi connectivity index (χ0) is 32.5. The molecule has 0 saturated heterocycles. The Morgan fingerprint density at radius 1 is 0.804 bits per heavy atom. The van der Waals surface area contributed by atoms with Gasteiger partial charge in [-0.1, -0.05) is 61.4 Å². The molecule has 0 heterocycles. The van der Waals surface area contributed by atoms with Crippen LogP contribution in [-0.2, 0) is 26.2 Å². The first kappa shape index (κ1) is 32.6. The molecule has 10 heteroatoms. The van der Waals surface area contributed by atoms with E-state index < -0.39 is 28.5 Å². The van der Waals surface area contributed by atoms with Gasteiger partial charge in [-0.3, -0.25) is 13.9 Å². The Hall–Kier alpha value is -4.83. The zero-order valence-corrected chi connectivity index (χ0v) is 26.9. The average molecular weight is 642 g/mol. The molecular formula is C36H39N3O6S. The van der Waals surface area contributed by atoms with Crippen LogP contribution < -0.4 is 19.1 Å². The first-order valence-corrected chi connectivity index (χ1v) is 16.8. The second kappa shape index (κ2) is 15.0. The van der Waals surface area contributed by atoms with Crippen molar-refractivity contribution >= 4 is 27.5 Å². The SMILES string of the molecule is COc1ccc(CN(C(=O)CN(c2ccc(Oc3ccccc3)cc2)S(=O)(=O)c2ccccc2)C(C)C(=O)NC2CCCC2)cc1. The number of rotatable bonds is 13. The van der Waals surface area contributed by atoms with E-state index in [0.717, 1.165) is 35.6 Å². The highest BCUT2D eigenvalue weighted by atomic mass is 32.2. The van der Waals surface area contributed by atoms with Crippen molar-refractivity contribution in [3.8, 4) is 17.2 Å². The number of anilines is 1. The van der Waals surface area contributed by atoms with Gasteiger partial charge in [-0.15, -0.1) is 0 Å². The lowest BCUT2D eigenvalue weighted by Crippen LogP contribution is -2.52. The maximum atomic E-state index is 14.2. The summed E-state index contributed by atoms with van der Waals surface area (Å²) in [6.07, 6.45) is 3.90. The summed E-state index contributed by atoms with van der Waals surface area (Å²) in [5, 5.41) is 3.09. The zero-order valence-electron chi connectivity index (χ0n) is 26.0. The van der Waals surface area contributed by atoms with Gasteiger partial charge in [-0.05, 0) is 86.0 Å². The fraction of sp³-hybridized carbons (Fsp3) is 0.278. The summed E-state index contributed by atoms with van der Waals surface area (Å²) < 4.78 is 40.4. The molecule has 0 bridgehead atoms. The summed E-state index contributed by atoms with van der Waals surface area (Å²) in [4.78, 5) is 29.1. The van der Waals surface area contributed by atoms with E-state index >= 15 is 0 Å². The number of carbonyl (C=O) groups is 2. The van der Waals surface area contributed by atoms with Crippen LogP contribution in [0.5, 0.6) is 17.2 Å².